The highest BCUT2D eigenvalue weighted by Gasteiger charge is 2.34. The number of hydrogen-bond donors (Lipinski definition) is 1. The Kier molecular flexibility index (Phi) is 4.30. The van der Waals surface area contributed by atoms with Crippen molar-refractivity contribution in [3.63, 3.8) is 0 Å². The molecule has 24 heavy (non-hydrogen) atoms. The van der Waals surface area contributed by atoms with E-state index in [1.165, 1.54) is 0 Å². The summed E-state index contributed by atoms with van der Waals surface area (Å²) in [6, 6.07) is 6.11. The molecule has 1 N–H and O–H groups in total. The summed E-state index contributed by atoms with van der Waals surface area (Å²) in [7, 11) is 1.88. The van der Waals surface area contributed by atoms with Crippen molar-refractivity contribution >= 4 is 5.91 Å². The van der Waals surface area contributed by atoms with E-state index in [4.69, 9.17) is 4.74 Å². The quantitative estimate of drug-likeness (QED) is 0.936. The Bertz CT molecular complexity index is 751. The molecule has 1 atom stereocenters. The fraction of sp³-hybridized carbons (Fsp3) is 0.500. The van der Waals surface area contributed by atoms with Crippen molar-refractivity contribution in [1.82, 2.24) is 20.1 Å². The maximum Gasteiger partial charge on any atom is 0.220 e. The van der Waals surface area contributed by atoms with Gasteiger partial charge in [-0.1, -0.05) is 12.1 Å². The molecule has 1 aliphatic rings. The predicted octanol–water partition coefficient (Wildman–Crippen LogP) is 2.47. The number of carbonyl (C=O) groups is 1. The van der Waals surface area contributed by atoms with Gasteiger partial charge in [-0.15, -0.1) is 10.2 Å². The standard InChI is InChI=1S/C18H24N4O2/c1-12-5-6-13-14(10-18(2,3)24-15(13)9-12)20-17(23)8-7-16-21-19-11-22(16)4/h5-6,9,11,14H,7-8,10H2,1-4H3,(H,20,23)/t14-/m1/s1. The molecule has 0 unspecified atom stereocenters. The van der Waals surface area contributed by atoms with Gasteiger partial charge in [0.15, 0.2) is 0 Å². The molecule has 1 aliphatic heterocycles. The number of aryl methyl sites for hydroxylation is 3. The summed E-state index contributed by atoms with van der Waals surface area (Å²) in [6.07, 6.45) is 3.37. The van der Waals surface area contributed by atoms with Gasteiger partial charge < -0.3 is 14.6 Å². The van der Waals surface area contributed by atoms with Gasteiger partial charge in [-0.25, -0.2) is 0 Å². The number of fused-ring (bicyclic) bond motifs is 1. The van der Waals surface area contributed by atoms with Crippen LogP contribution < -0.4 is 10.1 Å². The van der Waals surface area contributed by atoms with Crippen molar-refractivity contribution in [3.8, 4) is 5.75 Å². The molecule has 0 bridgehead atoms. The number of aromatic nitrogens is 3. The fourth-order valence-electron chi connectivity index (χ4n) is 3.11. The molecular weight excluding hydrogens is 304 g/mol. The lowest BCUT2D eigenvalue weighted by Crippen LogP contribution is -2.41. The van der Waals surface area contributed by atoms with Gasteiger partial charge in [-0.2, -0.15) is 0 Å². The largest absolute Gasteiger partial charge is 0.487 e. The Hall–Kier alpha value is -2.37. The molecule has 0 spiro atoms. The summed E-state index contributed by atoms with van der Waals surface area (Å²) in [6.45, 7) is 6.15. The van der Waals surface area contributed by atoms with Crippen molar-refractivity contribution in [2.45, 2.75) is 51.7 Å². The van der Waals surface area contributed by atoms with Gasteiger partial charge >= 0.3 is 0 Å². The third-order valence-corrected chi connectivity index (χ3v) is 4.34. The third-order valence-electron chi connectivity index (χ3n) is 4.34. The maximum atomic E-state index is 12.4. The molecule has 1 aromatic heterocycles. The van der Waals surface area contributed by atoms with Gasteiger partial charge in [0.2, 0.25) is 5.91 Å². The van der Waals surface area contributed by atoms with Crippen LogP contribution in [0.15, 0.2) is 24.5 Å². The molecule has 2 heterocycles. The van der Waals surface area contributed by atoms with E-state index in [0.29, 0.717) is 12.8 Å². The van der Waals surface area contributed by atoms with E-state index in [0.717, 1.165) is 29.1 Å². The average molecular weight is 328 g/mol. The van der Waals surface area contributed by atoms with E-state index in [2.05, 4.69) is 35.4 Å². The zero-order valence-electron chi connectivity index (χ0n) is 14.7. The molecule has 0 fully saturated rings. The summed E-state index contributed by atoms with van der Waals surface area (Å²) in [5.41, 5.74) is 1.90. The molecule has 0 aliphatic carbocycles. The fourth-order valence-corrected chi connectivity index (χ4v) is 3.11. The van der Waals surface area contributed by atoms with E-state index >= 15 is 0 Å². The van der Waals surface area contributed by atoms with Crippen molar-refractivity contribution < 1.29 is 9.53 Å². The second kappa shape index (κ2) is 6.26. The van der Waals surface area contributed by atoms with E-state index in [-0.39, 0.29) is 17.6 Å². The van der Waals surface area contributed by atoms with Crippen molar-refractivity contribution in [2.24, 2.45) is 7.05 Å². The SMILES string of the molecule is Cc1ccc2c(c1)OC(C)(C)C[C@H]2NC(=O)CCc1nncn1C. The molecule has 1 aromatic carbocycles. The lowest BCUT2D eigenvalue weighted by atomic mass is 9.89. The molecule has 6 nitrogen and oxygen atoms in total. The van der Waals surface area contributed by atoms with E-state index < -0.39 is 0 Å². The Morgan fingerprint density at radius 2 is 2.25 bits per heavy atom. The summed E-state index contributed by atoms with van der Waals surface area (Å²) in [5.74, 6) is 1.70. The second-order valence-electron chi connectivity index (χ2n) is 7.09. The van der Waals surface area contributed by atoms with Crippen LogP contribution in [0, 0.1) is 6.92 Å². The Labute approximate surface area is 142 Å². The number of amides is 1. The average Bonchev–Trinajstić information content (AvgIpc) is 2.88. The Morgan fingerprint density at radius 1 is 1.46 bits per heavy atom. The van der Waals surface area contributed by atoms with Gasteiger partial charge in [0, 0.05) is 31.9 Å². The minimum absolute atomic E-state index is 0.0206. The van der Waals surface area contributed by atoms with Crippen LogP contribution in [0.25, 0.3) is 0 Å². The van der Waals surface area contributed by atoms with Crippen LogP contribution >= 0.6 is 0 Å². The number of carbonyl (C=O) groups excluding carboxylic acids is 1. The smallest absolute Gasteiger partial charge is 0.220 e. The van der Waals surface area contributed by atoms with E-state index in [9.17, 15) is 4.79 Å². The van der Waals surface area contributed by atoms with E-state index in [1.54, 1.807) is 6.33 Å². The molecule has 3 rings (SSSR count). The highest BCUT2D eigenvalue weighted by atomic mass is 16.5. The van der Waals surface area contributed by atoms with Gasteiger partial charge in [-0.3, -0.25) is 4.79 Å². The minimum Gasteiger partial charge on any atom is -0.487 e. The van der Waals surface area contributed by atoms with Crippen LogP contribution in [-0.4, -0.2) is 26.3 Å². The highest BCUT2D eigenvalue weighted by molar-refractivity contribution is 5.76. The molecule has 0 radical (unpaired) electrons. The van der Waals surface area contributed by atoms with E-state index in [1.807, 2.05) is 30.7 Å². The first-order chi connectivity index (χ1) is 11.3. The summed E-state index contributed by atoms with van der Waals surface area (Å²) in [4.78, 5) is 12.4. The van der Waals surface area contributed by atoms with Gasteiger partial charge in [0.25, 0.3) is 0 Å². The van der Waals surface area contributed by atoms with Gasteiger partial charge in [0.05, 0.1) is 6.04 Å². The molecule has 0 saturated carbocycles. The topological polar surface area (TPSA) is 69.0 Å². The first-order valence-corrected chi connectivity index (χ1v) is 8.26. The maximum absolute atomic E-state index is 12.4. The van der Waals surface area contributed by atoms with Gasteiger partial charge in [0.1, 0.15) is 23.5 Å². The highest BCUT2D eigenvalue weighted by Crippen LogP contribution is 2.39. The first-order valence-electron chi connectivity index (χ1n) is 8.26. The van der Waals surface area contributed by atoms with Crippen LogP contribution in [0.5, 0.6) is 5.75 Å². The lowest BCUT2D eigenvalue weighted by molar-refractivity contribution is -0.122. The lowest BCUT2D eigenvalue weighted by Gasteiger charge is -2.38. The van der Waals surface area contributed by atoms with Crippen LogP contribution in [0.3, 0.4) is 0 Å². The number of ether oxygens (including phenoxy) is 1. The van der Waals surface area contributed by atoms with Crippen LogP contribution in [0.4, 0.5) is 0 Å². The number of rotatable bonds is 4. The van der Waals surface area contributed by atoms with Gasteiger partial charge in [-0.05, 0) is 32.4 Å². The van der Waals surface area contributed by atoms with Crippen LogP contribution in [0.2, 0.25) is 0 Å². The van der Waals surface area contributed by atoms with Crippen molar-refractivity contribution in [3.05, 3.63) is 41.5 Å². The van der Waals surface area contributed by atoms with Crippen molar-refractivity contribution in [1.29, 1.82) is 0 Å². The molecule has 6 heteroatoms. The molecule has 2 aromatic rings. The third kappa shape index (κ3) is 3.58. The minimum atomic E-state index is -0.303. The summed E-state index contributed by atoms with van der Waals surface area (Å²) < 4.78 is 7.91. The Morgan fingerprint density at radius 3 is 2.96 bits per heavy atom. The molecule has 128 valence electrons. The zero-order valence-corrected chi connectivity index (χ0v) is 14.7. The number of nitrogens with one attached hydrogen (secondary N) is 1. The summed E-state index contributed by atoms with van der Waals surface area (Å²) >= 11 is 0. The molecule has 0 saturated heterocycles. The molecular formula is C18H24N4O2. The monoisotopic (exact) mass is 328 g/mol. The molecule has 1 amide bonds. The number of benzene rings is 1. The number of nitrogens with zero attached hydrogens (tertiary/aromatic N) is 3. The second-order valence-corrected chi connectivity index (χ2v) is 7.09. The van der Waals surface area contributed by atoms with Crippen LogP contribution in [0.1, 0.15) is 49.7 Å². The number of hydrogen-bond acceptors (Lipinski definition) is 4. The van der Waals surface area contributed by atoms with Crippen LogP contribution in [-0.2, 0) is 18.3 Å². The summed E-state index contributed by atoms with van der Waals surface area (Å²) in [5, 5.41) is 11.0. The normalized spacial score (nSPS) is 18.6. The van der Waals surface area contributed by atoms with Crippen molar-refractivity contribution in [2.75, 3.05) is 0 Å². The first kappa shape index (κ1) is 16.5. The zero-order chi connectivity index (χ0) is 17.3. The predicted molar refractivity (Wildman–Crippen MR) is 90.7 cm³/mol. The Balaban J connectivity index is 1.70.